The van der Waals surface area contributed by atoms with Crippen molar-refractivity contribution in [1.82, 2.24) is 0 Å². The third kappa shape index (κ3) is 4.31. The molecular weight excluding hydrogens is 386 g/mol. The Morgan fingerprint density at radius 1 is 1.25 bits per heavy atom. The van der Waals surface area contributed by atoms with Crippen molar-refractivity contribution in [2.45, 2.75) is 26.1 Å². The first-order valence-electron chi connectivity index (χ1n) is 8.63. The summed E-state index contributed by atoms with van der Waals surface area (Å²) in [6.45, 7) is 3.29. The van der Waals surface area contributed by atoms with Gasteiger partial charge < -0.3 is 24.3 Å². The number of methoxy groups -OCH3 is 1. The third-order valence-corrected chi connectivity index (χ3v) is 4.58. The lowest BCUT2D eigenvalue weighted by atomic mass is 10.2. The maximum absolute atomic E-state index is 12.4. The second-order valence-electron chi connectivity index (χ2n) is 6.23. The predicted octanol–water partition coefficient (Wildman–Crippen LogP) is 3.37. The number of halogens is 1. The van der Waals surface area contributed by atoms with E-state index in [-0.39, 0.29) is 6.61 Å². The number of esters is 1. The second kappa shape index (κ2) is 8.39. The Hall–Kier alpha value is -2.93. The van der Waals surface area contributed by atoms with Crippen LogP contribution in [0.25, 0.3) is 0 Å². The van der Waals surface area contributed by atoms with Gasteiger partial charge in [-0.1, -0.05) is 23.7 Å². The summed E-state index contributed by atoms with van der Waals surface area (Å²) >= 11 is 6.07. The zero-order valence-corrected chi connectivity index (χ0v) is 16.4. The monoisotopic (exact) mass is 405 g/mol. The Morgan fingerprint density at radius 2 is 1.96 bits per heavy atom. The van der Waals surface area contributed by atoms with Gasteiger partial charge in [-0.3, -0.25) is 4.79 Å². The first-order valence-corrected chi connectivity index (χ1v) is 9.01. The van der Waals surface area contributed by atoms with E-state index in [0.29, 0.717) is 28.0 Å². The highest BCUT2D eigenvalue weighted by molar-refractivity contribution is 6.31. The smallest absolute Gasteiger partial charge is 0.351 e. The van der Waals surface area contributed by atoms with Gasteiger partial charge in [0.15, 0.2) is 17.6 Å². The number of carbonyl (C=O) groups is 2. The summed E-state index contributed by atoms with van der Waals surface area (Å²) in [6.07, 6.45) is -1.99. The van der Waals surface area contributed by atoms with Crippen LogP contribution in [0.15, 0.2) is 36.4 Å². The highest BCUT2D eigenvalue weighted by atomic mass is 35.5. The van der Waals surface area contributed by atoms with Gasteiger partial charge in [-0.05, 0) is 37.6 Å². The summed E-state index contributed by atoms with van der Waals surface area (Å²) in [4.78, 5) is 24.8. The second-order valence-corrected chi connectivity index (χ2v) is 6.64. The molecule has 0 fully saturated rings. The largest absolute Gasteiger partial charge is 0.495 e. The summed E-state index contributed by atoms with van der Waals surface area (Å²) in [7, 11) is 1.47. The van der Waals surface area contributed by atoms with Gasteiger partial charge in [-0.25, -0.2) is 4.79 Å². The van der Waals surface area contributed by atoms with Crippen LogP contribution in [0, 0.1) is 6.92 Å². The highest BCUT2D eigenvalue weighted by Crippen LogP contribution is 2.32. The fraction of sp³-hybridized carbons (Fsp3) is 0.300. The van der Waals surface area contributed by atoms with Crippen LogP contribution in [0.3, 0.4) is 0 Å². The van der Waals surface area contributed by atoms with E-state index in [1.165, 1.54) is 14.0 Å². The molecule has 28 heavy (non-hydrogen) atoms. The molecule has 1 aliphatic heterocycles. The van der Waals surface area contributed by atoms with E-state index >= 15 is 0 Å². The maximum atomic E-state index is 12.4. The molecule has 2 aromatic rings. The van der Waals surface area contributed by atoms with E-state index in [1.807, 2.05) is 0 Å². The maximum Gasteiger partial charge on any atom is 0.351 e. The molecule has 0 saturated heterocycles. The first kappa shape index (κ1) is 19.8. The number of para-hydroxylation sites is 2. The van der Waals surface area contributed by atoms with Crippen LogP contribution in [0.5, 0.6) is 17.2 Å². The van der Waals surface area contributed by atoms with E-state index in [0.717, 1.165) is 5.56 Å². The average molecular weight is 406 g/mol. The van der Waals surface area contributed by atoms with Gasteiger partial charge in [0.1, 0.15) is 12.4 Å². The van der Waals surface area contributed by atoms with Crippen molar-refractivity contribution in [3.05, 3.63) is 47.0 Å². The molecule has 7 nitrogen and oxygen atoms in total. The molecule has 8 heteroatoms. The minimum atomic E-state index is -1.05. The van der Waals surface area contributed by atoms with Gasteiger partial charge in [0.25, 0.3) is 5.91 Å². The normalized spacial score (nSPS) is 16.1. The van der Waals surface area contributed by atoms with Crippen LogP contribution >= 0.6 is 11.6 Å². The average Bonchev–Trinajstić information content (AvgIpc) is 2.69. The number of rotatable bonds is 5. The van der Waals surface area contributed by atoms with Gasteiger partial charge in [-0.15, -0.1) is 0 Å². The van der Waals surface area contributed by atoms with Crippen LogP contribution in [0.1, 0.15) is 12.5 Å². The van der Waals surface area contributed by atoms with Crippen molar-refractivity contribution in [3.63, 3.8) is 0 Å². The molecule has 3 rings (SSSR count). The Labute approximate surface area is 167 Å². The predicted molar refractivity (Wildman–Crippen MR) is 103 cm³/mol. The van der Waals surface area contributed by atoms with Gasteiger partial charge >= 0.3 is 5.97 Å². The molecule has 1 heterocycles. The summed E-state index contributed by atoms with van der Waals surface area (Å²) in [6, 6.07) is 10.3. The van der Waals surface area contributed by atoms with Crippen LogP contribution in [-0.4, -0.2) is 37.8 Å². The molecule has 148 valence electrons. The lowest BCUT2D eigenvalue weighted by Gasteiger charge is -2.26. The number of fused-ring (bicyclic) bond motifs is 1. The molecule has 1 amide bonds. The number of nitrogens with one attached hydrogen (secondary N) is 1. The van der Waals surface area contributed by atoms with E-state index in [9.17, 15) is 9.59 Å². The number of hydrogen-bond donors (Lipinski definition) is 1. The molecular formula is C20H20ClNO6. The standard InChI is InChI=1S/C20H20ClNO6/c1-11-8-14(17(25-3)9-13(11)21)22-19(23)12(2)27-20(24)18-10-26-15-6-4-5-7-16(15)28-18/h4-9,12,18H,10H2,1-3H3,(H,22,23)/t12-,18+/m1/s1. The molecule has 0 radical (unpaired) electrons. The molecule has 0 saturated carbocycles. The Bertz CT molecular complexity index is 900. The number of ether oxygens (including phenoxy) is 4. The first-order chi connectivity index (χ1) is 13.4. The highest BCUT2D eigenvalue weighted by Gasteiger charge is 2.31. The number of benzene rings is 2. The SMILES string of the molecule is COc1cc(Cl)c(C)cc1NC(=O)[C@@H](C)OC(=O)[C@@H]1COc2ccccc2O1. The molecule has 0 aliphatic carbocycles. The Balaban J connectivity index is 1.62. The Kier molecular flexibility index (Phi) is 5.94. The summed E-state index contributed by atoms with van der Waals surface area (Å²) < 4.78 is 21.6. The van der Waals surface area contributed by atoms with Crippen molar-refractivity contribution >= 4 is 29.2 Å². The molecule has 2 aromatic carbocycles. The van der Waals surface area contributed by atoms with Crippen LogP contribution in [0.4, 0.5) is 5.69 Å². The topological polar surface area (TPSA) is 83.1 Å². The number of carbonyl (C=O) groups excluding carboxylic acids is 2. The molecule has 0 aromatic heterocycles. The molecule has 1 N–H and O–H groups in total. The van der Waals surface area contributed by atoms with Crippen molar-refractivity contribution in [3.8, 4) is 17.2 Å². The number of aryl methyl sites for hydroxylation is 1. The van der Waals surface area contributed by atoms with Gasteiger partial charge in [-0.2, -0.15) is 0 Å². The zero-order chi connectivity index (χ0) is 20.3. The number of hydrogen-bond acceptors (Lipinski definition) is 6. The van der Waals surface area contributed by atoms with Gasteiger partial charge in [0.2, 0.25) is 6.10 Å². The fourth-order valence-corrected chi connectivity index (χ4v) is 2.76. The molecule has 1 aliphatic rings. The summed E-state index contributed by atoms with van der Waals surface area (Å²) in [5, 5.41) is 3.20. The lowest BCUT2D eigenvalue weighted by molar-refractivity contribution is -0.162. The Morgan fingerprint density at radius 3 is 2.68 bits per heavy atom. The van der Waals surface area contributed by atoms with Crippen LogP contribution < -0.4 is 19.5 Å². The molecule has 0 bridgehead atoms. The van der Waals surface area contributed by atoms with Crippen molar-refractivity contribution in [2.24, 2.45) is 0 Å². The third-order valence-electron chi connectivity index (χ3n) is 4.17. The number of amides is 1. The number of anilines is 1. The van der Waals surface area contributed by atoms with Crippen molar-refractivity contribution < 1.29 is 28.5 Å². The van der Waals surface area contributed by atoms with Gasteiger partial charge in [0.05, 0.1) is 12.8 Å². The van der Waals surface area contributed by atoms with Crippen molar-refractivity contribution in [2.75, 3.05) is 19.0 Å². The molecule has 0 spiro atoms. The van der Waals surface area contributed by atoms with E-state index in [1.54, 1.807) is 43.3 Å². The van der Waals surface area contributed by atoms with Crippen LogP contribution in [-0.2, 0) is 14.3 Å². The minimum absolute atomic E-state index is 0.00832. The van der Waals surface area contributed by atoms with Crippen LogP contribution in [0.2, 0.25) is 5.02 Å². The fourth-order valence-electron chi connectivity index (χ4n) is 2.60. The van der Waals surface area contributed by atoms with E-state index < -0.39 is 24.1 Å². The molecule has 0 unspecified atom stereocenters. The summed E-state index contributed by atoms with van der Waals surface area (Å²) in [5.41, 5.74) is 1.21. The molecule has 2 atom stereocenters. The zero-order valence-electron chi connectivity index (χ0n) is 15.7. The van der Waals surface area contributed by atoms with E-state index in [2.05, 4.69) is 5.32 Å². The minimum Gasteiger partial charge on any atom is -0.495 e. The van der Waals surface area contributed by atoms with E-state index in [4.69, 9.17) is 30.5 Å². The van der Waals surface area contributed by atoms with Gasteiger partial charge in [0, 0.05) is 11.1 Å². The quantitative estimate of drug-likeness (QED) is 0.768. The lowest BCUT2D eigenvalue weighted by Crippen LogP contribution is -2.41. The van der Waals surface area contributed by atoms with Crippen molar-refractivity contribution in [1.29, 1.82) is 0 Å². The summed E-state index contributed by atoms with van der Waals surface area (Å²) in [5.74, 6) is 0.224.